The molecule has 1 heterocycles. The molecule has 6 aromatic carbocycles. The number of nitrogens with zero attached hydrogens (tertiary/aromatic N) is 1. The van der Waals surface area contributed by atoms with Crippen LogP contribution in [0.5, 0.6) is 0 Å². The number of fused-ring (bicyclic) bond motifs is 2. The first kappa shape index (κ1) is 24.2. The van der Waals surface area contributed by atoms with Gasteiger partial charge in [0.05, 0.1) is 6.85 Å². The van der Waals surface area contributed by atoms with E-state index in [-0.39, 0.29) is 47.9 Å². The zero-order chi connectivity index (χ0) is 36.7. The highest BCUT2D eigenvalue weighted by Gasteiger charge is 2.52. The second-order valence-electron chi connectivity index (χ2n) is 14.9. The molecule has 0 unspecified atom stereocenters. The Morgan fingerprint density at radius 3 is 1.96 bits per heavy atom. The quantitative estimate of drug-likeness (QED) is 0.183. The summed E-state index contributed by atoms with van der Waals surface area (Å²) >= 11 is 0. The zero-order valence-electron chi connectivity index (χ0n) is 32.5. The lowest BCUT2D eigenvalue weighted by Crippen LogP contribution is -2.58. The van der Waals surface area contributed by atoms with Crippen LogP contribution in [0.2, 0.25) is 0 Å². The van der Waals surface area contributed by atoms with Crippen molar-refractivity contribution in [3.63, 3.8) is 0 Å². The molecular formula is C46H41BN2. The van der Waals surface area contributed by atoms with Gasteiger partial charge in [-0.1, -0.05) is 115 Å². The summed E-state index contributed by atoms with van der Waals surface area (Å²) in [7, 11) is 0. The highest BCUT2D eigenvalue weighted by atomic mass is 15.2. The molecule has 238 valence electrons. The summed E-state index contributed by atoms with van der Waals surface area (Å²) in [5.41, 5.74) is 11.5. The largest absolute Gasteiger partial charge is 0.356 e. The fourth-order valence-corrected chi connectivity index (χ4v) is 10.3. The molecule has 4 aliphatic carbocycles. The van der Waals surface area contributed by atoms with Gasteiger partial charge >= 0.3 is 0 Å². The molecule has 4 fully saturated rings. The number of rotatable bonds is 6. The van der Waals surface area contributed by atoms with Crippen LogP contribution in [0.4, 0.5) is 28.4 Å². The van der Waals surface area contributed by atoms with Gasteiger partial charge in [0.15, 0.2) is 0 Å². The third kappa shape index (κ3) is 4.93. The van der Waals surface area contributed by atoms with E-state index in [0.29, 0.717) is 5.56 Å². The highest BCUT2D eigenvalue weighted by Crippen LogP contribution is 2.61. The lowest BCUT2D eigenvalue weighted by molar-refractivity contribution is -0.00513. The van der Waals surface area contributed by atoms with Gasteiger partial charge in [0.25, 0.3) is 0 Å². The summed E-state index contributed by atoms with van der Waals surface area (Å²) in [6, 6.07) is 41.6. The number of benzene rings is 6. The van der Waals surface area contributed by atoms with Gasteiger partial charge in [0, 0.05) is 28.4 Å². The van der Waals surface area contributed by atoms with Crippen molar-refractivity contribution < 1.29 is 6.85 Å². The third-order valence-electron chi connectivity index (χ3n) is 11.9. The van der Waals surface area contributed by atoms with E-state index in [0.717, 1.165) is 46.2 Å². The van der Waals surface area contributed by atoms with E-state index < -0.39 is 0 Å². The molecule has 3 heteroatoms. The third-order valence-corrected chi connectivity index (χ3v) is 11.9. The number of hydrogen-bond donors (Lipinski definition) is 1. The monoisotopic (exact) mass is 637 g/mol. The Kier molecular flexibility index (Phi) is 5.70. The molecule has 0 radical (unpaired) electrons. The van der Waals surface area contributed by atoms with Crippen LogP contribution in [0.1, 0.15) is 50.9 Å². The molecule has 1 aliphatic heterocycles. The Balaban J connectivity index is 1.21. The van der Waals surface area contributed by atoms with Gasteiger partial charge in [-0.05, 0) is 132 Å². The van der Waals surface area contributed by atoms with Crippen molar-refractivity contribution in [3.8, 4) is 11.1 Å². The maximum absolute atomic E-state index is 8.64. The van der Waals surface area contributed by atoms with Gasteiger partial charge in [0.1, 0.15) is 0 Å². The zero-order valence-corrected chi connectivity index (χ0v) is 27.5. The number of hydrogen-bond acceptors (Lipinski definition) is 2. The molecule has 6 aromatic rings. The van der Waals surface area contributed by atoms with Crippen LogP contribution in [0.3, 0.4) is 0 Å². The number of nitrogens with one attached hydrogen (secondary N) is 1. The van der Waals surface area contributed by atoms with Crippen molar-refractivity contribution in [2.24, 2.45) is 17.8 Å². The van der Waals surface area contributed by atoms with Crippen LogP contribution in [-0.2, 0) is 5.41 Å². The Morgan fingerprint density at radius 1 is 0.633 bits per heavy atom. The lowest BCUT2D eigenvalue weighted by atomic mass is 9.34. The molecule has 4 bridgehead atoms. The molecule has 49 heavy (non-hydrogen) atoms. The molecule has 0 aromatic heterocycles. The van der Waals surface area contributed by atoms with E-state index in [2.05, 4.69) is 107 Å². The van der Waals surface area contributed by atoms with E-state index in [9.17, 15) is 0 Å². The smallest absolute Gasteiger partial charge is 0.249 e. The minimum absolute atomic E-state index is 0.0179. The van der Waals surface area contributed by atoms with Gasteiger partial charge in [-0.2, -0.15) is 0 Å². The Morgan fingerprint density at radius 2 is 1.27 bits per heavy atom. The van der Waals surface area contributed by atoms with Gasteiger partial charge < -0.3 is 10.2 Å². The predicted octanol–water partition coefficient (Wildman–Crippen LogP) is 9.86. The molecule has 0 spiro atoms. The maximum Gasteiger partial charge on any atom is 0.249 e. The lowest BCUT2D eigenvalue weighted by Gasteiger charge is -2.57. The van der Waals surface area contributed by atoms with Gasteiger partial charge in [-0.25, -0.2) is 0 Å². The molecule has 1 N–H and O–H groups in total. The molecule has 0 saturated heterocycles. The van der Waals surface area contributed by atoms with Crippen LogP contribution < -0.4 is 26.6 Å². The normalized spacial score (nSPS) is 24.7. The number of anilines is 5. The number of para-hydroxylation sites is 2. The summed E-state index contributed by atoms with van der Waals surface area (Å²) in [6.45, 7) is -0.0179. The maximum atomic E-state index is 8.64. The minimum atomic E-state index is -0.380. The van der Waals surface area contributed by atoms with Crippen LogP contribution in [-0.4, -0.2) is 6.71 Å². The first-order valence-corrected chi connectivity index (χ1v) is 17.9. The fourth-order valence-electron chi connectivity index (χ4n) is 10.3. The average molecular weight is 638 g/mol. The molecule has 11 rings (SSSR count). The van der Waals surface area contributed by atoms with Crippen LogP contribution >= 0.6 is 0 Å². The molecule has 2 nitrogen and oxygen atoms in total. The van der Waals surface area contributed by atoms with Gasteiger partial charge in [-0.3, -0.25) is 0 Å². The molecule has 0 amide bonds. The Labute approximate surface area is 298 Å². The second-order valence-corrected chi connectivity index (χ2v) is 14.9. The summed E-state index contributed by atoms with van der Waals surface area (Å²) < 4.78 is 42.0. The SMILES string of the molecule is [2H]c1c([2H])c([2H])c(-c2ccc(N3c4ccccc4B(c4ccccc4)c4c(Nc5ccccc5)cc(C56CC7CC(CC(C7)C5)C6)cc43)cc2)c([2H])c1[2H]. The van der Waals surface area contributed by atoms with Gasteiger partial charge in [-0.15, -0.1) is 0 Å². The topological polar surface area (TPSA) is 15.3 Å². The molecule has 4 saturated carbocycles. The van der Waals surface area contributed by atoms with Crippen molar-refractivity contribution >= 4 is 51.5 Å². The Bertz CT molecular complexity index is 2350. The van der Waals surface area contributed by atoms with Crippen molar-refractivity contribution in [2.45, 2.75) is 43.9 Å². The average Bonchev–Trinajstić information content (AvgIpc) is 3.19. The summed E-state index contributed by atoms with van der Waals surface area (Å²) in [5.74, 6) is 2.42. The highest BCUT2D eigenvalue weighted by molar-refractivity contribution is 6.98. The van der Waals surface area contributed by atoms with Crippen LogP contribution in [0, 0.1) is 17.8 Å². The van der Waals surface area contributed by atoms with E-state index in [4.69, 9.17) is 6.85 Å². The van der Waals surface area contributed by atoms with E-state index in [1.807, 2.05) is 24.3 Å². The van der Waals surface area contributed by atoms with E-state index in [1.54, 1.807) is 0 Å². The summed E-state index contributed by atoms with van der Waals surface area (Å²) in [4.78, 5) is 2.40. The first-order valence-electron chi connectivity index (χ1n) is 20.4. The summed E-state index contributed by atoms with van der Waals surface area (Å²) in [6.07, 6.45) is 7.93. The fraction of sp³-hybridized carbons (Fsp3) is 0.217. The molecule has 5 aliphatic rings. The van der Waals surface area contributed by atoms with Gasteiger partial charge in [0.2, 0.25) is 6.71 Å². The van der Waals surface area contributed by atoms with E-state index >= 15 is 0 Å². The molecule has 0 atom stereocenters. The Hall–Kier alpha value is -5.02. The van der Waals surface area contributed by atoms with Crippen molar-refractivity contribution in [2.75, 3.05) is 10.2 Å². The summed E-state index contributed by atoms with van der Waals surface area (Å²) in [5, 5.41) is 3.95. The molecular weight excluding hydrogens is 591 g/mol. The van der Waals surface area contributed by atoms with Crippen LogP contribution in [0.15, 0.2) is 152 Å². The van der Waals surface area contributed by atoms with Crippen molar-refractivity contribution in [1.82, 2.24) is 0 Å². The first-order chi connectivity index (χ1) is 26.3. The van der Waals surface area contributed by atoms with E-state index in [1.165, 1.54) is 60.5 Å². The predicted molar refractivity (Wildman–Crippen MR) is 207 cm³/mol. The minimum Gasteiger partial charge on any atom is -0.356 e. The van der Waals surface area contributed by atoms with Crippen molar-refractivity contribution in [1.29, 1.82) is 0 Å². The second kappa shape index (κ2) is 11.6. The van der Waals surface area contributed by atoms with Crippen molar-refractivity contribution in [3.05, 3.63) is 157 Å². The standard InChI is InChI=1S/C46H41BN2/c1-4-12-35(13-5-1)36-20-22-40(23-21-36)49-43-19-11-10-18-41(43)47(38-14-6-2-7-15-38)45-42(48-39-16-8-3-9-17-39)27-37(28-44(45)49)46-29-32-24-33(30-46)26-34(25-32)31-46/h1-23,27-28,32-34,48H,24-26,29-31H2/i1D,4D,5D,12D,13D. The van der Waals surface area contributed by atoms with Crippen LogP contribution in [0.25, 0.3) is 11.1 Å².